The number of sulfonamides is 1. The largest absolute Gasteiger partial charge is 0.488 e. The fraction of sp³-hybridized carbons (Fsp3) is 0.545. The molecule has 1 aromatic heterocycles. The number of hydrogen-bond donors (Lipinski definition) is 1. The average Bonchev–Trinajstić information content (AvgIpc) is 2.99. The summed E-state index contributed by atoms with van der Waals surface area (Å²) >= 11 is 0. The summed E-state index contributed by atoms with van der Waals surface area (Å²) in [5.74, 6) is 0.715. The number of nitrogens with zero attached hydrogens (tertiary/aromatic N) is 1. The van der Waals surface area contributed by atoms with Crippen LogP contribution in [0.5, 0.6) is 5.75 Å². The summed E-state index contributed by atoms with van der Waals surface area (Å²) in [5, 5.41) is 5.07. The molecule has 0 unspecified atom stereocenters. The van der Waals surface area contributed by atoms with Crippen molar-refractivity contribution in [3.63, 3.8) is 0 Å². The maximum absolute atomic E-state index is 11.2. The highest BCUT2D eigenvalue weighted by Crippen LogP contribution is 2.32. The van der Waals surface area contributed by atoms with Crippen molar-refractivity contribution in [3.8, 4) is 5.75 Å². The lowest BCUT2D eigenvalue weighted by atomic mass is 10.1. The van der Waals surface area contributed by atoms with Gasteiger partial charge in [-0.1, -0.05) is 13.8 Å². The van der Waals surface area contributed by atoms with Crippen LogP contribution in [0.3, 0.4) is 0 Å². The van der Waals surface area contributed by atoms with E-state index in [-0.39, 0.29) is 16.9 Å². The van der Waals surface area contributed by atoms with Gasteiger partial charge in [0.25, 0.3) is 0 Å². The molecule has 6 heteroatoms. The first-order valence-electron chi connectivity index (χ1n) is 5.57. The first-order chi connectivity index (χ1) is 7.88. The van der Waals surface area contributed by atoms with E-state index in [4.69, 9.17) is 9.88 Å². The van der Waals surface area contributed by atoms with Crippen LogP contribution in [0.25, 0.3) is 0 Å². The van der Waals surface area contributed by atoms with Crippen molar-refractivity contribution in [2.75, 3.05) is 0 Å². The third-order valence-electron chi connectivity index (χ3n) is 2.55. The van der Waals surface area contributed by atoms with Gasteiger partial charge >= 0.3 is 0 Å². The molecule has 2 rings (SSSR count). The predicted octanol–water partition coefficient (Wildman–Crippen LogP) is 1.39. The first-order valence-corrected chi connectivity index (χ1v) is 7.12. The van der Waals surface area contributed by atoms with Gasteiger partial charge in [-0.2, -0.15) is 0 Å². The van der Waals surface area contributed by atoms with Crippen LogP contribution in [0.15, 0.2) is 17.2 Å². The van der Waals surface area contributed by atoms with E-state index >= 15 is 0 Å². The van der Waals surface area contributed by atoms with Crippen LogP contribution in [-0.4, -0.2) is 19.5 Å². The molecule has 0 saturated heterocycles. The van der Waals surface area contributed by atoms with Crippen molar-refractivity contribution in [1.82, 2.24) is 4.98 Å². The van der Waals surface area contributed by atoms with Crippen LogP contribution in [0.2, 0.25) is 0 Å². The molecule has 5 nitrogen and oxygen atoms in total. The van der Waals surface area contributed by atoms with Crippen LogP contribution in [-0.2, 0) is 10.0 Å². The lowest BCUT2D eigenvalue weighted by molar-refractivity contribution is 0.296. The van der Waals surface area contributed by atoms with Gasteiger partial charge in [-0.05, 0) is 18.8 Å². The molecule has 0 bridgehead atoms. The third-order valence-corrected chi connectivity index (χ3v) is 3.43. The number of hydrogen-bond acceptors (Lipinski definition) is 4. The molecular weight excluding hydrogens is 240 g/mol. The van der Waals surface area contributed by atoms with E-state index in [0.29, 0.717) is 5.75 Å². The molecule has 94 valence electrons. The number of nitrogens with two attached hydrogens (primary N) is 1. The molecule has 1 saturated carbocycles. The lowest BCUT2D eigenvalue weighted by Crippen LogP contribution is -2.14. The summed E-state index contributed by atoms with van der Waals surface area (Å²) < 4.78 is 28.2. The van der Waals surface area contributed by atoms with Crippen LogP contribution < -0.4 is 9.88 Å². The highest BCUT2D eigenvalue weighted by Gasteiger charge is 2.26. The molecule has 0 spiro atoms. The Morgan fingerprint density at radius 3 is 2.59 bits per heavy atom. The molecule has 1 aliphatic carbocycles. The van der Waals surface area contributed by atoms with Crippen molar-refractivity contribution in [1.29, 1.82) is 0 Å². The van der Waals surface area contributed by atoms with Gasteiger partial charge < -0.3 is 4.74 Å². The minimum atomic E-state index is -3.73. The van der Waals surface area contributed by atoms with Gasteiger partial charge in [0.1, 0.15) is 10.6 Å². The molecule has 1 heterocycles. The highest BCUT2D eigenvalue weighted by atomic mass is 32.2. The Kier molecular flexibility index (Phi) is 3.09. The Morgan fingerprint density at radius 1 is 1.47 bits per heavy atom. The summed E-state index contributed by atoms with van der Waals surface area (Å²) in [6.07, 6.45) is 3.50. The van der Waals surface area contributed by atoms with E-state index in [2.05, 4.69) is 4.98 Å². The molecule has 1 aliphatic rings. The molecule has 0 atom stereocenters. The van der Waals surface area contributed by atoms with Gasteiger partial charge in [0.2, 0.25) is 10.0 Å². The van der Waals surface area contributed by atoms with Crippen molar-refractivity contribution in [2.45, 2.75) is 43.6 Å². The van der Waals surface area contributed by atoms with E-state index in [1.807, 2.05) is 13.8 Å². The fourth-order valence-electron chi connectivity index (χ4n) is 1.49. The monoisotopic (exact) mass is 256 g/mol. The summed E-state index contributed by atoms with van der Waals surface area (Å²) in [5.41, 5.74) is 0.768. The normalized spacial score (nSPS) is 16.2. The Balaban J connectivity index is 2.41. The Labute approximate surface area is 101 Å². The average molecular weight is 256 g/mol. The molecule has 0 radical (unpaired) electrons. The number of pyridine rings is 1. The minimum Gasteiger partial charge on any atom is -0.488 e. The molecule has 0 aromatic carbocycles. The van der Waals surface area contributed by atoms with Crippen molar-refractivity contribution < 1.29 is 13.2 Å². The van der Waals surface area contributed by atoms with Crippen LogP contribution in [0, 0.1) is 0 Å². The Bertz CT molecular complexity index is 522. The minimum absolute atomic E-state index is 0.00227. The van der Waals surface area contributed by atoms with Crippen molar-refractivity contribution in [3.05, 3.63) is 18.0 Å². The highest BCUT2D eigenvalue weighted by molar-refractivity contribution is 7.89. The van der Waals surface area contributed by atoms with E-state index in [9.17, 15) is 8.42 Å². The second-order valence-electron chi connectivity index (χ2n) is 4.57. The van der Waals surface area contributed by atoms with Gasteiger partial charge in [-0.25, -0.2) is 13.6 Å². The molecule has 1 aromatic rings. The van der Waals surface area contributed by atoms with Crippen LogP contribution in [0.4, 0.5) is 0 Å². The van der Waals surface area contributed by atoms with E-state index in [0.717, 1.165) is 18.5 Å². The molecule has 1 fully saturated rings. The second kappa shape index (κ2) is 4.27. The summed E-state index contributed by atoms with van der Waals surface area (Å²) in [6, 6.07) is 1.47. The van der Waals surface area contributed by atoms with Gasteiger partial charge in [0.05, 0.1) is 11.8 Å². The van der Waals surface area contributed by atoms with E-state index in [1.165, 1.54) is 12.3 Å². The van der Waals surface area contributed by atoms with Crippen molar-refractivity contribution >= 4 is 10.0 Å². The number of rotatable bonds is 4. The molecular formula is C11H16N2O3S. The molecule has 17 heavy (non-hydrogen) atoms. The lowest BCUT2D eigenvalue weighted by Gasteiger charge is -2.13. The van der Waals surface area contributed by atoms with Gasteiger partial charge in [-0.15, -0.1) is 0 Å². The SMILES string of the molecule is CC(C)c1ncc(S(N)(=O)=O)cc1OC1CC1. The van der Waals surface area contributed by atoms with Crippen molar-refractivity contribution in [2.24, 2.45) is 5.14 Å². The zero-order valence-electron chi connectivity index (χ0n) is 9.88. The van der Waals surface area contributed by atoms with Gasteiger partial charge in [0.15, 0.2) is 0 Å². The second-order valence-corrected chi connectivity index (χ2v) is 6.13. The quantitative estimate of drug-likeness (QED) is 0.882. The maximum atomic E-state index is 11.2. The topological polar surface area (TPSA) is 82.3 Å². The fourth-order valence-corrected chi connectivity index (χ4v) is 1.96. The predicted molar refractivity (Wildman–Crippen MR) is 63.3 cm³/mol. The third kappa shape index (κ3) is 2.95. The molecule has 2 N–H and O–H groups in total. The Hall–Kier alpha value is -1.14. The van der Waals surface area contributed by atoms with E-state index < -0.39 is 10.0 Å². The summed E-state index contributed by atoms with van der Waals surface area (Å²) in [7, 11) is -3.73. The zero-order valence-corrected chi connectivity index (χ0v) is 10.7. The smallest absolute Gasteiger partial charge is 0.239 e. The number of primary sulfonamides is 1. The first kappa shape index (κ1) is 12.3. The summed E-state index contributed by atoms with van der Waals surface area (Å²) in [4.78, 5) is 4.14. The van der Waals surface area contributed by atoms with E-state index in [1.54, 1.807) is 0 Å². The molecule has 0 amide bonds. The number of ether oxygens (including phenoxy) is 1. The number of aromatic nitrogens is 1. The zero-order chi connectivity index (χ0) is 12.6. The Morgan fingerprint density at radius 2 is 2.12 bits per heavy atom. The van der Waals surface area contributed by atoms with Crippen LogP contribution in [0.1, 0.15) is 38.3 Å². The van der Waals surface area contributed by atoms with Crippen LogP contribution >= 0.6 is 0 Å². The maximum Gasteiger partial charge on any atom is 0.239 e. The molecule has 0 aliphatic heterocycles. The van der Waals surface area contributed by atoms with Gasteiger partial charge in [-0.3, -0.25) is 4.98 Å². The van der Waals surface area contributed by atoms with Gasteiger partial charge in [0, 0.05) is 12.3 Å². The summed E-state index contributed by atoms with van der Waals surface area (Å²) in [6.45, 7) is 3.97. The standard InChI is InChI=1S/C11H16N2O3S/c1-7(2)11-10(16-8-3-4-8)5-9(6-13-11)17(12,14)15/h5-8H,3-4H2,1-2H3,(H2,12,14,15).